The Morgan fingerprint density at radius 3 is 2.50 bits per heavy atom. The van der Waals surface area contributed by atoms with Crippen molar-refractivity contribution in [2.45, 2.75) is 25.3 Å². The molecule has 0 fully saturated rings. The third-order valence-electron chi connectivity index (χ3n) is 3.85. The van der Waals surface area contributed by atoms with Crippen molar-refractivity contribution in [3.8, 4) is 0 Å². The second kappa shape index (κ2) is 6.37. The van der Waals surface area contributed by atoms with Gasteiger partial charge in [0.15, 0.2) is 0 Å². The maximum atomic E-state index is 12.6. The molecule has 24 heavy (non-hydrogen) atoms. The van der Waals surface area contributed by atoms with E-state index in [-0.39, 0.29) is 4.90 Å². The Morgan fingerprint density at radius 2 is 1.83 bits per heavy atom. The number of hydrogen-bond acceptors (Lipinski definition) is 3. The minimum atomic E-state index is -3.74. The van der Waals surface area contributed by atoms with Crippen molar-refractivity contribution >= 4 is 31.6 Å². The van der Waals surface area contributed by atoms with E-state index >= 15 is 0 Å². The Balaban J connectivity index is 2.29. The summed E-state index contributed by atoms with van der Waals surface area (Å²) in [5.74, 6) is 0. The van der Waals surface area contributed by atoms with Crippen molar-refractivity contribution in [2.24, 2.45) is 4.40 Å². The van der Waals surface area contributed by atoms with Gasteiger partial charge >= 0.3 is 0 Å². The van der Waals surface area contributed by atoms with E-state index in [9.17, 15) is 8.42 Å². The lowest BCUT2D eigenvalue weighted by atomic mass is 10.1. The summed E-state index contributed by atoms with van der Waals surface area (Å²) < 4.78 is 32.1. The first kappa shape index (κ1) is 16.7. The highest BCUT2D eigenvalue weighted by Gasteiger charge is 2.14. The van der Waals surface area contributed by atoms with Crippen LogP contribution in [0.15, 0.2) is 64.4 Å². The van der Waals surface area contributed by atoms with Crippen molar-refractivity contribution in [3.63, 3.8) is 0 Å². The summed E-state index contributed by atoms with van der Waals surface area (Å²) in [5.41, 5.74) is 3.31. The van der Waals surface area contributed by atoms with Gasteiger partial charge in [-0.25, -0.2) is 0 Å². The molecule has 0 aliphatic rings. The SMILES string of the molecule is C=CCn1/c(=N/S(=O)(=O)c2ccccc2)sc2cc(C)c(C)cc21. The van der Waals surface area contributed by atoms with Crippen LogP contribution in [0.25, 0.3) is 10.2 Å². The number of fused-ring (bicyclic) bond motifs is 1. The number of benzene rings is 2. The van der Waals surface area contributed by atoms with Gasteiger partial charge in [0.2, 0.25) is 4.80 Å². The lowest BCUT2D eigenvalue weighted by Crippen LogP contribution is -2.16. The van der Waals surface area contributed by atoms with Crippen molar-refractivity contribution in [3.05, 3.63) is 71.0 Å². The lowest BCUT2D eigenvalue weighted by Gasteiger charge is -2.04. The molecule has 0 saturated heterocycles. The Hall–Kier alpha value is -2.18. The second-order valence-corrected chi connectivity index (χ2v) is 8.18. The summed E-state index contributed by atoms with van der Waals surface area (Å²) in [4.78, 5) is 0.652. The predicted molar refractivity (Wildman–Crippen MR) is 98.7 cm³/mol. The van der Waals surface area contributed by atoms with Gasteiger partial charge in [0.05, 0.1) is 15.1 Å². The molecule has 1 heterocycles. The van der Waals surface area contributed by atoms with E-state index in [4.69, 9.17) is 0 Å². The zero-order valence-electron chi connectivity index (χ0n) is 13.6. The Kier molecular flexibility index (Phi) is 4.43. The highest BCUT2D eigenvalue weighted by Crippen LogP contribution is 2.22. The van der Waals surface area contributed by atoms with E-state index in [0.29, 0.717) is 11.3 Å². The summed E-state index contributed by atoms with van der Waals surface area (Å²) in [6, 6.07) is 12.4. The van der Waals surface area contributed by atoms with Crippen molar-refractivity contribution in [1.82, 2.24) is 4.57 Å². The summed E-state index contributed by atoms with van der Waals surface area (Å²) in [5, 5.41) is 0. The smallest absolute Gasteiger partial charge is 0.285 e. The number of allylic oxidation sites excluding steroid dienone is 1. The van der Waals surface area contributed by atoms with E-state index in [1.54, 1.807) is 36.4 Å². The van der Waals surface area contributed by atoms with Gasteiger partial charge in [0.25, 0.3) is 10.0 Å². The number of sulfonamides is 1. The number of rotatable bonds is 4. The molecule has 124 valence electrons. The Morgan fingerprint density at radius 1 is 1.17 bits per heavy atom. The average Bonchev–Trinajstić information content (AvgIpc) is 2.85. The average molecular weight is 358 g/mol. The minimum absolute atomic E-state index is 0.194. The predicted octanol–water partition coefficient (Wildman–Crippen LogP) is 3.80. The van der Waals surface area contributed by atoms with E-state index in [1.165, 1.54) is 16.9 Å². The second-order valence-electron chi connectivity index (χ2n) is 5.57. The van der Waals surface area contributed by atoms with Gasteiger partial charge in [0.1, 0.15) is 0 Å². The summed E-state index contributed by atoms with van der Waals surface area (Å²) in [6.45, 7) is 8.37. The zero-order valence-corrected chi connectivity index (χ0v) is 15.2. The van der Waals surface area contributed by atoms with Crippen LogP contribution in [0.1, 0.15) is 11.1 Å². The van der Waals surface area contributed by atoms with Crippen LogP contribution in [-0.4, -0.2) is 13.0 Å². The van der Waals surface area contributed by atoms with Gasteiger partial charge in [-0.1, -0.05) is 35.6 Å². The van der Waals surface area contributed by atoms with Gasteiger partial charge in [-0.15, -0.1) is 11.0 Å². The molecule has 0 aliphatic heterocycles. The molecule has 0 N–H and O–H groups in total. The molecule has 2 aromatic carbocycles. The van der Waals surface area contributed by atoms with Crippen molar-refractivity contribution in [1.29, 1.82) is 0 Å². The molecule has 3 rings (SSSR count). The largest absolute Gasteiger partial charge is 0.312 e. The van der Waals surface area contributed by atoms with Crippen LogP contribution in [0.2, 0.25) is 0 Å². The van der Waals surface area contributed by atoms with E-state index < -0.39 is 10.0 Å². The quantitative estimate of drug-likeness (QED) is 0.666. The molecule has 0 amide bonds. The Labute approximate surface area is 145 Å². The van der Waals surface area contributed by atoms with Gasteiger partial charge in [-0.2, -0.15) is 8.42 Å². The number of hydrogen-bond donors (Lipinski definition) is 0. The van der Waals surface area contributed by atoms with Crippen molar-refractivity contribution < 1.29 is 8.42 Å². The fourth-order valence-corrected chi connectivity index (χ4v) is 4.79. The van der Waals surface area contributed by atoms with Crippen LogP contribution >= 0.6 is 11.3 Å². The van der Waals surface area contributed by atoms with Crippen LogP contribution in [0.5, 0.6) is 0 Å². The molecule has 0 aliphatic carbocycles. The fraction of sp³-hybridized carbons (Fsp3) is 0.167. The van der Waals surface area contributed by atoms with E-state index in [0.717, 1.165) is 15.8 Å². The van der Waals surface area contributed by atoms with E-state index in [1.807, 2.05) is 18.4 Å². The topological polar surface area (TPSA) is 51.4 Å². The molecule has 4 nitrogen and oxygen atoms in total. The first-order valence-corrected chi connectivity index (χ1v) is 9.75. The van der Waals surface area contributed by atoms with Crippen LogP contribution in [0.4, 0.5) is 0 Å². The third kappa shape index (κ3) is 3.07. The highest BCUT2D eigenvalue weighted by molar-refractivity contribution is 7.90. The van der Waals surface area contributed by atoms with Crippen LogP contribution in [0.3, 0.4) is 0 Å². The number of aromatic nitrogens is 1. The lowest BCUT2D eigenvalue weighted by molar-refractivity contribution is 0.596. The molecular weight excluding hydrogens is 340 g/mol. The van der Waals surface area contributed by atoms with Crippen molar-refractivity contribution in [2.75, 3.05) is 0 Å². The number of thiazole rings is 1. The van der Waals surface area contributed by atoms with Gasteiger partial charge < -0.3 is 4.57 Å². The standard InChI is InChI=1S/C18H18N2O2S2/c1-4-10-20-16-11-13(2)14(3)12-17(16)23-18(20)19-24(21,22)15-8-6-5-7-9-15/h4-9,11-12H,1,10H2,2-3H3/b19-18-. The van der Waals surface area contributed by atoms with Gasteiger partial charge in [-0.3, -0.25) is 0 Å². The molecule has 0 bridgehead atoms. The molecule has 6 heteroatoms. The minimum Gasteiger partial charge on any atom is -0.312 e. The molecule has 0 saturated carbocycles. The molecular formula is C18H18N2O2S2. The highest BCUT2D eigenvalue weighted by atomic mass is 32.2. The van der Waals surface area contributed by atoms with E-state index in [2.05, 4.69) is 23.1 Å². The Bertz CT molecular complexity index is 1080. The number of nitrogens with zero attached hydrogens (tertiary/aromatic N) is 2. The zero-order chi connectivity index (χ0) is 17.3. The summed E-state index contributed by atoms with van der Waals surface area (Å²) in [6.07, 6.45) is 1.75. The first-order valence-electron chi connectivity index (χ1n) is 7.50. The molecule has 0 atom stereocenters. The molecule has 0 unspecified atom stereocenters. The molecule has 3 aromatic rings. The summed E-state index contributed by atoms with van der Waals surface area (Å²) in [7, 11) is -3.74. The van der Waals surface area contributed by atoms with Gasteiger partial charge in [0, 0.05) is 6.54 Å². The number of aryl methyl sites for hydroxylation is 2. The van der Waals surface area contributed by atoms with Gasteiger partial charge in [-0.05, 0) is 49.2 Å². The third-order valence-corrected chi connectivity index (χ3v) is 6.29. The maximum absolute atomic E-state index is 12.6. The fourth-order valence-electron chi connectivity index (χ4n) is 2.45. The normalized spacial score (nSPS) is 12.7. The summed E-state index contributed by atoms with van der Waals surface area (Å²) >= 11 is 1.38. The maximum Gasteiger partial charge on any atom is 0.285 e. The molecule has 0 spiro atoms. The van der Waals surface area contributed by atoms with Crippen LogP contribution < -0.4 is 4.80 Å². The first-order chi connectivity index (χ1) is 11.4. The molecule has 0 radical (unpaired) electrons. The molecule has 1 aromatic heterocycles. The monoisotopic (exact) mass is 358 g/mol. The van der Waals surface area contributed by atoms with Crippen LogP contribution in [0, 0.1) is 13.8 Å². The van der Waals surface area contributed by atoms with Crippen LogP contribution in [-0.2, 0) is 16.6 Å².